The lowest BCUT2D eigenvalue weighted by Gasteiger charge is -2.07. The fourth-order valence-corrected chi connectivity index (χ4v) is 3.17. The Hall–Kier alpha value is -4.39. The quantitative estimate of drug-likeness (QED) is 0.472. The van der Waals surface area contributed by atoms with Crippen LogP contribution in [0.15, 0.2) is 84.9 Å². The molecular weight excluding hydrogens is 404 g/mol. The highest BCUT2D eigenvalue weighted by Crippen LogP contribution is 2.24. The van der Waals surface area contributed by atoms with Crippen LogP contribution < -0.4 is 15.4 Å². The van der Waals surface area contributed by atoms with Gasteiger partial charge in [-0.25, -0.2) is 0 Å². The van der Waals surface area contributed by atoms with Gasteiger partial charge in [-0.1, -0.05) is 30.3 Å². The van der Waals surface area contributed by atoms with Gasteiger partial charge in [-0.05, 0) is 48.5 Å². The van der Waals surface area contributed by atoms with Crippen LogP contribution in [0.3, 0.4) is 0 Å². The third-order valence-corrected chi connectivity index (χ3v) is 4.95. The number of hydrogen-bond acceptors (Lipinski definition) is 4. The Morgan fingerprint density at radius 2 is 1.44 bits per heavy atom. The number of benzene rings is 3. The second-order valence-electron chi connectivity index (χ2n) is 7.12. The van der Waals surface area contributed by atoms with E-state index in [2.05, 4.69) is 15.7 Å². The average Bonchev–Trinajstić information content (AvgIpc) is 3.20. The highest BCUT2D eigenvalue weighted by atomic mass is 16.5. The fraction of sp³-hybridized carbons (Fsp3) is 0.0800. The average molecular weight is 426 g/mol. The molecule has 0 aliphatic rings. The molecule has 0 saturated heterocycles. The van der Waals surface area contributed by atoms with Crippen LogP contribution in [-0.2, 0) is 7.05 Å². The van der Waals surface area contributed by atoms with Gasteiger partial charge in [0.1, 0.15) is 11.6 Å². The molecule has 0 radical (unpaired) electrons. The van der Waals surface area contributed by atoms with Crippen molar-refractivity contribution >= 4 is 23.3 Å². The molecule has 4 rings (SSSR count). The van der Waals surface area contributed by atoms with E-state index in [4.69, 9.17) is 4.74 Å². The summed E-state index contributed by atoms with van der Waals surface area (Å²) in [5.41, 5.74) is 3.36. The fourth-order valence-electron chi connectivity index (χ4n) is 3.17. The van der Waals surface area contributed by atoms with E-state index in [9.17, 15) is 9.59 Å². The largest absolute Gasteiger partial charge is 0.497 e. The summed E-state index contributed by atoms with van der Waals surface area (Å²) in [6.07, 6.45) is 0. The van der Waals surface area contributed by atoms with E-state index >= 15 is 0 Å². The molecule has 160 valence electrons. The van der Waals surface area contributed by atoms with Crippen molar-refractivity contribution in [2.75, 3.05) is 17.7 Å². The van der Waals surface area contributed by atoms with Gasteiger partial charge in [0.15, 0.2) is 0 Å². The molecule has 0 atom stereocenters. The van der Waals surface area contributed by atoms with Crippen LogP contribution >= 0.6 is 0 Å². The first-order valence-corrected chi connectivity index (χ1v) is 10.00. The summed E-state index contributed by atoms with van der Waals surface area (Å²) in [6, 6.07) is 25.1. The second-order valence-corrected chi connectivity index (χ2v) is 7.12. The number of rotatable bonds is 6. The molecule has 0 aliphatic heterocycles. The van der Waals surface area contributed by atoms with E-state index in [0.29, 0.717) is 34.1 Å². The highest BCUT2D eigenvalue weighted by Gasteiger charge is 2.12. The van der Waals surface area contributed by atoms with Crippen LogP contribution in [0.1, 0.15) is 20.7 Å². The van der Waals surface area contributed by atoms with Gasteiger partial charge in [0, 0.05) is 35.5 Å². The standard InChI is InChI=1S/C25H22N4O3/c1-29-23(27-25(31)18-6-4-3-5-7-18)16-22(28-29)17-8-12-20(13-9-17)26-24(30)19-10-14-21(32-2)15-11-19/h3-16H,1-2H3,(H,26,30)(H,27,31). The van der Waals surface area contributed by atoms with Crippen molar-refractivity contribution in [1.82, 2.24) is 9.78 Å². The SMILES string of the molecule is COc1ccc(C(=O)Nc2ccc(-c3cc(NC(=O)c4ccccc4)n(C)n3)cc2)cc1. The topological polar surface area (TPSA) is 85.3 Å². The van der Waals surface area contributed by atoms with E-state index in [1.807, 2.05) is 48.5 Å². The van der Waals surface area contributed by atoms with E-state index in [1.165, 1.54) is 0 Å². The second kappa shape index (κ2) is 9.18. The number of aryl methyl sites for hydroxylation is 1. The van der Waals surface area contributed by atoms with Crippen molar-refractivity contribution < 1.29 is 14.3 Å². The Labute approximate surface area is 185 Å². The Morgan fingerprint density at radius 3 is 2.09 bits per heavy atom. The maximum atomic E-state index is 12.4. The molecule has 1 aromatic heterocycles. The number of nitrogens with zero attached hydrogens (tertiary/aromatic N) is 2. The van der Waals surface area contributed by atoms with Crippen molar-refractivity contribution in [2.24, 2.45) is 7.05 Å². The van der Waals surface area contributed by atoms with Crippen LogP contribution in [0.2, 0.25) is 0 Å². The van der Waals surface area contributed by atoms with Crippen molar-refractivity contribution in [3.8, 4) is 17.0 Å². The minimum atomic E-state index is -0.204. The molecule has 3 aromatic carbocycles. The molecule has 0 bridgehead atoms. The molecule has 7 heteroatoms. The molecule has 32 heavy (non-hydrogen) atoms. The van der Waals surface area contributed by atoms with E-state index in [1.54, 1.807) is 55.2 Å². The molecule has 0 aliphatic carbocycles. The van der Waals surface area contributed by atoms with Crippen LogP contribution in [-0.4, -0.2) is 28.7 Å². The maximum Gasteiger partial charge on any atom is 0.256 e. The molecular formula is C25H22N4O3. The summed E-state index contributed by atoms with van der Waals surface area (Å²) in [6.45, 7) is 0. The van der Waals surface area contributed by atoms with Crippen molar-refractivity contribution in [3.05, 3.63) is 96.1 Å². The van der Waals surface area contributed by atoms with Crippen molar-refractivity contribution in [1.29, 1.82) is 0 Å². The Morgan fingerprint density at radius 1 is 0.812 bits per heavy atom. The monoisotopic (exact) mass is 426 g/mol. The first-order chi connectivity index (χ1) is 15.5. The molecule has 4 aromatic rings. The van der Waals surface area contributed by atoms with E-state index in [0.717, 1.165) is 5.56 Å². The molecule has 2 amide bonds. The summed E-state index contributed by atoms with van der Waals surface area (Å²) in [5, 5.41) is 10.2. The number of methoxy groups -OCH3 is 1. The highest BCUT2D eigenvalue weighted by molar-refractivity contribution is 6.05. The number of carbonyl (C=O) groups is 2. The minimum absolute atomic E-state index is 0.197. The third kappa shape index (κ3) is 4.67. The first-order valence-electron chi connectivity index (χ1n) is 10.00. The van der Waals surface area contributed by atoms with Crippen molar-refractivity contribution in [2.45, 2.75) is 0 Å². The van der Waals surface area contributed by atoms with Crippen LogP contribution in [0.4, 0.5) is 11.5 Å². The van der Waals surface area contributed by atoms with Gasteiger partial charge < -0.3 is 15.4 Å². The Bertz CT molecular complexity index is 1230. The molecule has 7 nitrogen and oxygen atoms in total. The van der Waals surface area contributed by atoms with Gasteiger partial charge in [0.25, 0.3) is 11.8 Å². The molecule has 1 heterocycles. The summed E-state index contributed by atoms with van der Waals surface area (Å²) in [5.74, 6) is 0.882. The van der Waals surface area contributed by atoms with Gasteiger partial charge in [0.2, 0.25) is 0 Å². The lowest BCUT2D eigenvalue weighted by Crippen LogP contribution is -2.14. The predicted molar refractivity (Wildman–Crippen MR) is 124 cm³/mol. The van der Waals surface area contributed by atoms with Gasteiger partial charge >= 0.3 is 0 Å². The van der Waals surface area contributed by atoms with Gasteiger partial charge in [0.05, 0.1) is 12.8 Å². The summed E-state index contributed by atoms with van der Waals surface area (Å²) < 4.78 is 6.73. The molecule has 0 saturated carbocycles. The van der Waals surface area contributed by atoms with E-state index in [-0.39, 0.29) is 11.8 Å². The molecule has 2 N–H and O–H groups in total. The van der Waals surface area contributed by atoms with Gasteiger partial charge in [-0.2, -0.15) is 5.10 Å². The lowest BCUT2D eigenvalue weighted by molar-refractivity contribution is 0.101. The summed E-state index contributed by atoms with van der Waals surface area (Å²) >= 11 is 0. The molecule has 0 spiro atoms. The number of amides is 2. The molecule has 0 unspecified atom stereocenters. The van der Waals surface area contributed by atoms with Gasteiger partial charge in [-0.15, -0.1) is 0 Å². The predicted octanol–water partition coefficient (Wildman–Crippen LogP) is 4.60. The zero-order chi connectivity index (χ0) is 22.5. The minimum Gasteiger partial charge on any atom is -0.497 e. The summed E-state index contributed by atoms with van der Waals surface area (Å²) in [4.78, 5) is 24.8. The first kappa shape index (κ1) is 20.9. The molecule has 0 fully saturated rings. The third-order valence-electron chi connectivity index (χ3n) is 4.95. The number of ether oxygens (including phenoxy) is 1. The Kier molecular flexibility index (Phi) is 5.98. The number of aromatic nitrogens is 2. The van der Waals surface area contributed by atoms with E-state index < -0.39 is 0 Å². The zero-order valence-corrected chi connectivity index (χ0v) is 17.7. The number of nitrogens with one attached hydrogen (secondary N) is 2. The number of hydrogen-bond donors (Lipinski definition) is 2. The summed E-state index contributed by atoms with van der Waals surface area (Å²) in [7, 11) is 3.35. The zero-order valence-electron chi connectivity index (χ0n) is 17.7. The van der Waals surface area contributed by atoms with Crippen LogP contribution in [0.25, 0.3) is 11.3 Å². The van der Waals surface area contributed by atoms with Crippen LogP contribution in [0.5, 0.6) is 5.75 Å². The van der Waals surface area contributed by atoms with Gasteiger partial charge in [-0.3, -0.25) is 14.3 Å². The smallest absolute Gasteiger partial charge is 0.256 e. The van der Waals surface area contributed by atoms with Crippen molar-refractivity contribution in [3.63, 3.8) is 0 Å². The van der Waals surface area contributed by atoms with Crippen LogP contribution in [0, 0.1) is 0 Å². The number of anilines is 2. The lowest BCUT2D eigenvalue weighted by atomic mass is 10.1. The normalized spacial score (nSPS) is 10.4. The Balaban J connectivity index is 1.44. The maximum absolute atomic E-state index is 12.4. The number of carbonyl (C=O) groups excluding carboxylic acids is 2.